The minimum absolute atomic E-state index is 0.319. The second-order valence-corrected chi connectivity index (χ2v) is 14.1. The number of benzene rings is 7. The van der Waals surface area contributed by atoms with Gasteiger partial charge in [0.15, 0.2) is 17.5 Å². The number of hydrogen-bond acceptors (Lipinski definition) is 8. The van der Waals surface area contributed by atoms with Gasteiger partial charge in [-0.2, -0.15) is 26.3 Å². The molecule has 0 amide bonds. The smallest absolute Gasteiger partial charge is 0.166 e. The van der Waals surface area contributed by atoms with Crippen LogP contribution in [0.1, 0.15) is 27.8 Å². The van der Waals surface area contributed by atoms with E-state index < -0.39 is 0 Å². The highest BCUT2D eigenvalue weighted by Crippen LogP contribution is 2.41. The quantitative estimate of drug-likeness (QED) is 0.167. The molecule has 0 saturated carbocycles. The summed E-state index contributed by atoms with van der Waals surface area (Å²) in [6, 6.07) is 56.1. The van der Waals surface area contributed by atoms with Crippen molar-refractivity contribution in [2.45, 2.75) is 0 Å². The Morgan fingerprint density at radius 1 is 0.350 bits per heavy atom. The van der Waals surface area contributed by atoms with Gasteiger partial charge in [-0.15, -0.1) is 0 Å². The monoisotopic (exact) mass is 764 g/mol. The molecule has 3 heterocycles. The van der Waals surface area contributed by atoms with Crippen LogP contribution in [-0.4, -0.2) is 24.1 Å². The van der Waals surface area contributed by atoms with Crippen LogP contribution in [0, 0.1) is 56.7 Å². The highest BCUT2D eigenvalue weighted by Gasteiger charge is 2.25. The van der Waals surface area contributed by atoms with Crippen LogP contribution in [-0.2, 0) is 0 Å². The van der Waals surface area contributed by atoms with E-state index in [1.54, 1.807) is 36.4 Å². The van der Waals surface area contributed by atoms with Gasteiger partial charge in [-0.05, 0) is 84.9 Å². The van der Waals surface area contributed by atoms with E-state index in [9.17, 15) is 26.3 Å². The molecule has 0 atom stereocenters. The van der Waals surface area contributed by atoms with Gasteiger partial charge in [-0.3, -0.25) is 0 Å². The van der Waals surface area contributed by atoms with Crippen molar-refractivity contribution in [1.82, 2.24) is 24.1 Å². The molecule has 10 heteroatoms. The molecular weight excluding hydrogens is 741 g/mol. The molecule has 60 heavy (non-hydrogen) atoms. The van der Waals surface area contributed by atoms with E-state index in [1.165, 1.54) is 0 Å². The maximum absolute atomic E-state index is 11.1. The Kier molecular flexibility index (Phi) is 8.16. The molecule has 0 fully saturated rings. The van der Waals surface area contributed by atoms with Gasteiger partial charge in [0.05, 0.1) is 85.5 Å². The molecule has 0 saturated heterocycles. The SMILES string of the molecule is N#Cc1ccc2c(c1)c1cc(C#N)ccc1n2-c1cc(-c2nc(-c3ccccc3)nc(-c3ccccc3)n2)c(-n2c3ccc(C#N)cc3c3cc(C#N)ccc32)cc1C#N. The fraction of sp³-hybridized carbons (Fsp3) is 0. The lowest BCUT2D eigenvalue weighted by molar-refractivity contribution is 1.06. The summed E-state index contributed by atoms with van der Waals surface area (Å²) in [6.45, 7) is 0. The summed E-state index contributed by atoms with van der Waals surface area (Å²) in [6.07, 6.45) is 0. The molecule has 7 aromatic carbocycles. The maximum Gasteiger partial charge on any atom is 0.166 e. The molecule has 0 spiro atoms. The van der Waals surface area contributed by atoms with E-state index in [-0.39, 0.29) is 0 Å². The summed E-state index contributed by atoms with van der Waals surface area (Å²) in [5.41, 5.74) is 8.30. The Balaban J connectivity index is 1.37. The molecule has 0 aliphatic rings. The summed E-state index contributed by atoms with van der Waals surface area (Å²) in [5, 5.41) is 53.7. The zero-order chi connectivity index (χ0) is 40.9. The van der Waals surface area contributed by atoms with E-state index >= 15 is 0 Å². The fourth-order valence-corrected chi connectivity index (χ4v) is 7.99. The number of nitriles is 5. The molecule has 0 radical (unpaired) electrons. The molecule has 10 nitrogen and oxygen atoms in total. The van der Waals surface area contributed by atoms with Crippen molar-refractivity contribution < 1.29 is 0 Å². The van der Waals surface area contributed by atoms with Crippen molar-refractivity contribution in [2.24, 2.45) is 0 Å². The Morgan fingerprint density at radius 3 is 1.08 bits per heavy atom. The van der Waals surface area contributed by atoms with E-state index in [4.69, 9.17) is 15.0 Å². The molecule has 0 unspecified atom stereocenters. The highest BCUT2D eigenvalue weighted by atomic mass is 15.1. The lowest BCUT2D eigenvalue weighted by Gasteiger charge is -2.18. The Hall–Kier alpha value is -9.40. The molecule has 10 rings (SSSR count). The minimum atomic E-state index is 0.319. The Morgan fingerprint density at radius 2 is 0.717 bits per heavy atom. The molecule has 0 N–H and O–H groups in total. The Bertz CT molecular complexity index is 3460. The van der Waals surface area contributed by atoms with Crippen molar-refractivity contribution in [3.8, 4) is 75.9 Å². The van der Waals surface area contributed by atoms with Crippen molar-refractivity contribution in [3.05, 3.63) is 173 Å². The summed E-state index contributed by atoms with van der Waals surface area (Å²) < 4.78 is 3.99. The standard InChI is InChI=1S/C50H24N10/c51-25-30-11-15-42-37(19-30)38-20-31(26-52)12-16-43(38)59(42)46-24-41(50-57-48(34-7-3-1-4-8-34)56-49(58-50)35-9-5-2-6-10-35)47(23-36(46)29-55)60-44-17-13-32(27-53)21-39(44)40-22-33(28-54)14-18-45(40)60/h1-24H. The first-order valence-corrected chi connectivity index (χ1v) is 18.7. The largest absolute Gasteiger partial charge is 0.308 e. The first-order valence-electron chi connectivity index (χ1n) is 18.7. The number of fused-ring (bicyclic) bond motifs is 6. The molecule has 274 valence electrons. The Labute approximate surface area is 342 Å². The van der Waals surface area contributed by atoms with Gasteiger partial charge >= 0.3 is 0 Å². The summed E-state index contributed by atoms with van der Waals surface area (Å²) in [5.74, 6) is 1.22. The average Bonchev–Trinajstić information content (AvgIpc) is 3.82. The third-order valence-corrected chi connectivity index (χ3v) is 10.7. The van der Waals surface area contributed by atoms with Crippen LogP contribution in [0.15, 0.2) is 146 Å². The van der Waals surface area contributed by atoms with Crippen molar-refractivity contribution in [1.29, 1.82) is 26.3 Å². The lowest BCUT2D eigenvalue weighted by atomic mass is 10.0. The molecule has 0 aliphatic heterocycles. The second kappa shape index (κ2) is 14.0. The van der Waals surface area contributed by atoms with Gasteiger partial charge in [-0.25, -0.2) is 15.0 Å². The second-order valence-electron chi connectivity index (χ2n) is 14.1. The third-order valence-electron chi connectivity index (χ3n) is 10.7. The van der Waals surface area contributed by atoms with Crippen LogP contribution < -0.4 is 0 Å². The molecule has 10 aromatic rings. The fourth-order valence-electron chi connectivity index (χ4n) is 7.99. The van der Waals surface area contributed by atoms with E-state index in [0.29, 0.717) is 62.2 Å². The molecule has 3 aromatic heterocycles. The topological polar surface area (TPSA) is 167 Å². The van der Waals surface area contributed by atoms with Gasteiger partial charge < -0.3 is 9.13 Å². The maximum atomic E-state index is 11.1. The lowest BCUT2D eigenvalue weighted by Crippen LogP contribution is -2.07. The number of rotatable bonds is 5. The summed E-state index contributed by atoms with van der Waals surface area (Å²) in [7, 11) is 0. The predicted octanol–water partition coefficient (Wildman–Crippen LogP) is 10.4. The van der Waals surface area contributed by atoms with E-state index in [2.05, 4.69) is 30.3 Å². The predicted molar refractivity (Wildman–Crippen MR) is 228 cm³/mol. The average molecular weight is 765 g/mol. The van der Waals surface area contributed by atoms with Gasteiger partial charge in [0, 0.05) is 38.2 Å². The van der Waals surface area contributed by atoms with Crippen LogP contribution in [0.25, 0.3) is 89.2 Å². The zero-order valence-electron chi connectivity index (χ0n) is 31.3. The van der Waals surface area contributed by atoms with Crippen LogP contribution in [0.3, 0.4) is 0 Å². The normalized spacial score (nSPS) is 10.9. The van der Waals surface area contributed by atoms with Gasteiger partial charge in [0.2, 0.25) is 0 Å². The van der Waals surface area contributed by atoms with Gasteiger partial charge in [0.1, 0.15) is 6.07 Å². The molecular formula is C50H24N10. The third kappa shape index (κ3) is 5.57. The number of hydrogen-bond donors (Lipinski definition) is 0. The van der Waals surface area contributed by atoms with Crippen molar-refractivity contribution in [2.75, 3.05) is 0 Å². The van der Waals surface area contributed by atoms with E-state index in [0.717, 1.165) is 54.7 Å². The van der Waals surface area contributed by atoms with Crippen molar-refractivity contribution >= 4 is 43.6 Å². The van der Waals surface area contributed by atoms with Gasteiger partial charge in [-0.1, -0.05) is 60.7 Å². The summed E-state index contributed by atoms with van der Waals surface area (Å²) in [4.78, 5) is 15.2. The van der Waals surface area contributed by atoms with E-state index in [1.807, 2.05) is 118 Å². The first-order chi connectivity index (χ1) is 29.5. The summed E-state index contributed by atoms with van der Waals surface area (Å²) >= 11 is 0. The minimum Gasteiger partial charge on any atom is -0.308 e. The number of nitrogens with zero attached hydrogens (tertiary/aromatic N) is 10. The first kappa shape index (κ1) is 35.0. The van der Waals surface area contributed by atoms with Crippen molar-refractivity contribution in [3.63, 3.8) is 0 Å². The molecule has 0 bridgehead atoms. The van der Waals surface area contributed by atoms with Crippen LogP contribution >= 0.6 is 0 Å². The molecule has 0 aliphatic carbocycles. The van der Waals surface area contributed by atoms with Gasteiger partial charge in [0.25, 0.3) is 0 Å². The highest BCUT2D eigenvalue weighted by molar-refractivity contribution is 6.12. The van der Waals surface area contributed by atoms with Crippen LogP contribution in [0.5, 0.6) is 0 Å². The zero-order valence-corrected chi connectivity index (χ0v) is 31.3. The van der Waals surface area contributed by atoms with Crippen LogP contribution in [0.4, 0.5) is 0 Å². The number of aromatic nitrogens is 5. The van der Waals surface area contributed by atoms with Crippen LogP contribution in [0.2, 0.25) is 0 Å².